The first-order valence-electron chi connectivity index (χ1n) is 11.2. The Hall–Kier alpha value is -2.49. The van der Waals surface area contributed by atoms with Gasteiger partial charge in [0.05, 0.1) is 6.61 Å². The largest absolute Gasteiger partial charge is 0.494 e. The molecule has 0 fully saturated rings. The van der Waals surface area contributed by atoms with Crippen molar-refractivity contribution in [2.75, 3.05) is 18.5 Å². The molecule has 0 saturated heterocycles. The van der Waals surface area contributed by atoms with E-state index in [1.165, 1.54) is 5.56 Å². The van der Waals surface area contributed by atoms with Crippen molar-refractivity contribution in [3.8, 4) is 11.5 Å². The number of hydrogen-bond acceptors (Lipinski definition) is 3. The van der Waals surface area contributed by atoms with Gasteiger partial charge in [-0.1, -0.05) is 67.5 Å². The highest BCUT2D eigenvalue weighted by molar-refractivity contribution is 5.91. The first-order valence-corrected chi connectivity index (χ1v) is 11.2. The van der Waals surface area contributed by atoms with E-state index >= 15 is 0 Å². The third-order valence-electron chi connectivity index (χ3n) is 5.11. The van der Waals surface area contributed by atoms with Crippen LogP contribution in [0.1, 0.15) is 72.9 Å². The summed E-state index contributed by atoms with van der Waals surface area (Å²) in [6, 6.07) is 13.7. The lowest BCUT2D eigenvalue weighted by Crippen LogP contribution is -2.22. The molecular weight excluding hydrogens is 386 g/mol. The number of carbonyl (C=O) groups is 1. The maximum absolute atomic E-state index is 12.4. The standard InChI is InChI=1S/C27H39NO3/c1-19(2)15-16-30-22-12-10-21(11-13-22)28-25(29)18-31-24-14-9-20(26(3,4)5)17-23(24)27(6,7)8/h9-14,17,19H,15-16,18H2,1-8H3,(H,28,29). The van der Waals surface area contributed by atoms with Crippen molar-refractivity contribution in [2.24, 2.45) is 5.92 Å². The van der Waals surface area contributed by atoms with Gasteiger partial charge in [-0.05, 0) is 64.6 Å². The van der Waals surface area contributed by atoms with Gasteiger partial charge in [-0.3, -0.25) is 4.79 Å². The molecule has 4 heteroatoms. The van der Waals surface area contributed by atoms with Crippen molar-refractivity contribution in [1.29, 1.82) is 0 Å². The Kier molecular flexibility index (Phi) is 8.16. The molecular formula is C27H39NO3. The minimum Gasteiger partial charge on any atom is -0.494 e. The van der Waals surface area contributed by atoms with Crippen LogP contribution in [0.4, 0.5) is 5.69 Å². The lowest BCUT2D eigenvalue weighted by Gasteiger charge is -2.27. The maximum Gasteiger partial charge on any atom is 0.262 e. The van der Waals surface area contributed by atoms with Crippen LogP contribution in [-0.2, 0) is 15.6 Å². The first-order chi connectivity index (χ1) is 14.4. The van der Waals surface area contributed by atoms with E-state index in [0.717, 1.165) is 29.2 Å². The van der Waals surface area contributed by atoms with Gasteiger partial charge in [-0.2, -0.15) is 0 Å². The van der Waals surface area contributed by atoms with E-state index in [0.29, 0.717) is 12.5 Å². The van der Waals surface area contributed by atoms with Crippen LogP contribution in [0.2, 0.25) is 0 Å². The molecule has 0 unspecified atom stereocenters. The number of nitrogens with one attached hydrogen (secondary N) is 1. The van der Waals surface area contributed by atoms with E-state index in [4.69, 9.17) is 9.47 Å². The van der Waals surface area contributed by atoms with Gasteiger partial charge in [0.2, 0.25) is 0 Å². The Morgan fingerprint density at radius 3 is 2.10 bits per heavy atom. The van der Waals surface area contributed by atoms with Gasteiger partial charge >= 0.3 is 0 Å². The predicted octanol–water partition coefficient (Wildman–Crippen LogP) is 6.72. The topological polar surface area (TPSA) is 47.6 Å². The van der Waals surface area contributed by atoms with Gasteiger partial charge in [0, 0.05) is 5.69 Å². The van der Waals surface area contributed by atoms with Crippen LogP contribution in [0, 0.1) is 5.92 Å². The summed E-state index contributed by atoms with van der Waals surface area (Å²) in [6.45, 7) is 18.1. The first kappa shape index (κ1) is 24.8. The minimum absolute atomic E-state index is 0.0371. The van der Waals surface area contributed by atoms with Crippen molar-refractivity contribution >= 4 is 11.6 Å². The molecule has 0 heterocycles. The Bertz CT molecular complexity index is 856. The van der Waals surface area contributed by atoms with Gasteiger partial charge in [-0.15, -0.1) is 0 Å². The summed E-state index contributed by atoms with van der Waals surface area (Å²) in [6.07, 6.45) is 1.02. The fourth-order valence-electron chi connectivity index (χ4n) is 3.10. The van der Waals surface area contributed by atoms with Crippen molar-refractivity contribution < 1.29 is 14.3 Å². The van der Waals surface area contributed by atoms with E-state index in [-0.39, 0.29) is 23.3 Å². The number of benzene rings is 2. The van der Waals surface area contributed by atoms with Gasteiger partial charge in [-0.25, -0.2) is 0 Å². The highest BCUT2D eigenvalue weighted by Gasteiger charge is 2.23. The number of amides is 1. The predicted molar refractivity (Wildman–Crippen MR) is 129 cm³/mol. The lowest BCUT2D eigenvalue weighted by atomic mass is 9.80. The van der Waals surface area contributed by atoms with Crippen LogP contribution in [0.3, 0.4) is 0 Å². The smallest absolute Gasteiger partial charge is 0.262 e. The molecule has 2 aromatic carbocycles. The van der Waals surface area contributed by atoms with E-state index in [1.54, 1.807) is 0 Å². The molecule has 2 rings (SSSR count). The number of carbonyl (C=O) groups excluding carboxylic acids is 1. The molecule has 31 heavy (non-hydrogen) atoms. The monoisotopic (exact) mass is 425 g/mol. The summed E-state index contributed by atoms with van der Waals surface area (Å²) in [5.41, 5.74) is 3.06. The Morgan fingerprint density at radius 1 is 0.903 bits per heavy atom. The Balaban J connectivity index is 1.98. The molecule has 0 aliphatic rings. The van der Waals surface area contributed by atoms with E-state index in [9.17, 15) is 4.79 Å². The third kappa shape index (κ3) is 7.93. The quantitative estimate of drug-likeness (QED) is 0.510. The molecule has 4 nitrogen and oxygen atoms in total. The summed E-state index contributed by atoms with van der Waals surface area (Å²) in [7, 11) is 0. The molecule has 0 aliphatic heterocycles. The Morgan fingerprint density at radius 2 is 1.55 bits per heavy atom. The zero-order valence-corrected chi connectivity index (χ0v) is 20.5. The summed E-state index contributed by atoms with van der Waals surface area (Å²) in [4.78, 5) is 12.4. The number of hydrogen-bond donors (Lipinski definition) is 1. The maximum atomic E-state index is 12.4. The summed E-state index contributed by atoms with van der Waals surface area (Å²) in [5, 5.41) is 2.89. The van der Waals surface area contributed by atoms with E-state index in [2.05, 4.69) is 72.8 Å². The molecule has 1 amide bonds. The minimum atomic E-state index is -0.187. The van der Waals surface area contributed by atoms with Crippen LogP contribution in [0.25, 0.3) is 0 Å². The zero-order valence-electron chi connectivity index (χ0n) is 20.5. The van der Waals surface area contributed by atoms with Crippen LogP contribution in [0.15, 0.2) is 42.5 Å². The van der Waals surface area contributed by atoms with Crippen molar-refractivity contribution in [1.82, 2.24) is 0 Å². The van der Waals surface area contributed by atoms with Crippen LogP contribution < -0.4 is 14.8 Å². The molecule has 1 N–H and O–H groups in total. The van der Waals surface area contributed by atoms with Crippen molar-refractivity contribution in [3.05, 3.63) is 53.6 Å². The van der Waals surface area contributed by atoms with Gasteiger partial charge in [0.1, 0.15) is 11.5 Å². The van der Waals surface area contributed by atoms with Crippen LogP contribution >= 0.6 is 0 Å². The fourth-order valence-corrected chi connectivity index (χ4v) is 3.10. The van der Waals surface area contributed by atoms with E-state index < -0.39 is 0 Å². The third-order valence-corrected chi connectivity index (χ3v) is 5.11. The average molecular weight is 426 g/mol. The second kappa shape index (κ2) is 10.2. The molecule has 0 aliphatic carbocycles. The lowest BCUT2D eigenvalue weighted by molar-refractivity contribution is -0.118. The molecule has 0 radical (unpaired) electrons. The summed E-state index contributed by atoms with van der Waals surface area (Å²) < 4.78 is 11.7. The Labute approximate surface area is 188 Å². The number of ether oxygens (including phenoxy) is 2. The molecule has 0 bridgehead atoms. The van der Waals surface area contributed by atoms with Gasteiger partial charge in [0.25, 0.3) is 5.91 Å². The number of anilines is 1. The van der Waals surface area contributed by atoms with Gasteiger partial charge < -0.3 is 14.8 Å². The number of rotatable bonds is 8. The van der Waals surface area contributed by atoms with Crippen LogP contribution in [-0.4, -0.2) is 19.1 Å². The molecule has 0 atom stereocenters. The zero-order chi connectivity index (χ0) is 23.2. The normalized spacial score (nSPS) is 12.0. The summed E-state index contributed by atoms with van der Waals surface area (Å²) >= 11 is 0. The molecule has 0 aromatic heterocycles. The SMILES string of the molecule is CC(C)CCOc1ccc(NC(=O)COc2ccc(C(C)(C)C)cc2C(C)(C)C)cc1. The molecule has 0 spiro atoms. The van der Waals surface area contributed by atoms with Crippen LogP contribution in [0.5, 0.6) is 11.5 Å². The highest BCUT2D eigenvalue weighted by Crippen LogP contribution is 2.35. The van der Waals surface area contributed by atoms with Gasteiger partial charge in [0.15, 0.2) is 6.61 Å². The second-order valence-electron chi connectivity index (χ2n) is 10.6. The summed E-state index contributed by atoms with van der Waals surface area (Å²) in [5.74, 6) is 1.99. The molecule has 2 aromatic rings. The van der Waals surface area contributed by atoms with E-state index in [1.807, 2.05) is 30.3 Å². The molecule has 170 valence electrons. The van der Waals surface area contributed by atoms with Crippen molar-refractivity contribution in [3.63, 3.8) is 0 Å². The van der Waals surface area contributed by atoms with Crippen molar-refractivity contribution in [2.45, 2.75) is 72.6 Å². The second-order valence-corrected chi connectivity index (χ2v) is 10.6. The molecule has 0 saturated carbocycles. The average Bonchev–Trinajstić information content (AvgIpc) is 2.66. The fraction of sp³-hybridized carbons (Fsp3) is 0.519. The highest BCUT2D eigenvalue weighted by atomic mass is 16.5.